The number of nitrogens with zero attached hydrogens (tertiary/aromatic N) is 2. The molecule has 0 bridgehead atoms. The number of aromatic nitrogens is 2. The van der Waals surface area contributed by atoms with E-state index in [4.69, 9.17) is 0 Å². The number of hydrogen-bond acceptors (Lipinski definition) is 1. The van der Waals surface area contributed by atoms with Crippen molar-refractivity contribution in [1.29, 1.82) is 0 Å². The molecule has 0 N–H and O–H groups in total. The minimum Gasteiger partial charge on any atom is -0.596 e. The Hall–Kier alpha value is -1.77. The second-order valence-corrected chi connectivity index (χ2v) is 4.76. The van der Waals surface area contributed by atoms with Gasteiger partial charge in [-0.05, 0) is 11.5 Å². The van der Waals surface area contributed by atoms with Crippen LogP contribution >= 0.6 is 0 Å². The predicted octanol–water partition coefficient (Wildman–Crippen LogP) is 2.37. The molecule has 90 valence electrons. The van der Waals surface area contributed by atoms with Crippen molar-refractivity contribution in [3.8, 4) is 0 Å². The molecular weight excluding hydrogens is 212 g/mol. The Bertz CT molecular complexity index is 474. The summed E-state index contributed by atoms with van der Waals surface area (Å²) >= 11 is 0. The van der Waals surface area contributed by atoms with Gasteiger partial charge in [0.25, 0.3) is 0 Å². The molecular formula is C14H18N2O. The molecule has 0 aliphatic heterocycles. The minimum atomic E-state index is 0.503. The molecule has 0 atom stereocenters. The van der Waals surface area contributed by atoms with Gasteiger partial charge in [-0.1, -0.05) is 49.0 Å². The van der Waals surface area contributed by atoms with Crippen LogP contribution in [0, 0.1) is 11.1 Å². The largest absolute Gasteiger partial charge is 0.596 e. The lowest BCUT2D eigenvalue weighted by Crippen LogP contribution is -2.40. The summed E-state index contributed by atoms with van der Waals surface area (Å²) in [6.07, 6.45) is 2.68. The van der Waals surface area contributed by atoms with Crippen LogP contribution in [-0.4, -0.2) is 4.68 Å². The Balaban J connectivity index is 2.15. The highest BCUT2D eigenvalue weighted by atomic mass is 16.5. The lowest BCUT2D eigenvalue weighted by molar-refractivity contribution is -0.700. The normalized spacial score (nSPS) is 11.0. The Morgan fingerprint density at radius 3 is 2.53 bits per heavy atom. The topological polar surface area (TPSA) is 31.9 Å². The van der Waals surface area contributed by atoms with Gasteiger partial charge in [0.05, 0.1) is 6.20 Å². The molecule has 0 saturated heterocycles. The number of hydrogen-bond donors (Lipinski definition) is 0. The summed E-state index contributed by atoms with van der Waals surface area (Å²) < 4.78 is 1.70. The monoisotopic (exact) mass is 230 g/mol. The van der Waals surface area contributed by atoms with E-state index in [-0.39, 0.29) is 0 Å². The zero-order valence-corrected chi connectivity index (χ0v) is 10.3. The summed E-state index contributed by atoms with van der Waals surface area (Å²) in [5.74, 6) is 0.503. The first kappa shape index (κ1) is 11.7. The molecule has 0 aliphatic rings. The Labute approximate surface area is 102 Å². The molecule has 17 heavy (non-hydrogen) atoms. The molecule has 3 heteroatoms. The zero-order valence-electron chi connectivity index (χ0n) is 10.3. The predicted molar refractivity (Wildman–Crippen MR) is 67.5 cm³/mol. The molecule has 1 heterocycles. The number of benzene rings is 1. The van der Waals surface area contributed by atoms with Gasteiger partial charge in [0, 0.05) is 12.5 Å². The molecule has 2 rings (SSSR count). The zero-order chi connectivity index (χ0) is 12.3. The smallest absolute Gasteiger partial charge is 0.221 e. The van der Waals surface area contributed by atoms with Crippen LogP contribution in [0.15, 0.2) is 42.6 Å². The van der Waals surface area contributed by atoms with Crippen molar-refractivity contribution >= 4 is 0 Å². The summed E-state index contributed by atoms with van der Waals surface area (Å²) in [5.41, 5.74) is 1.99. The third-order valence-corrected chi connectivity index (χ3v) is 2.72. The summed E-state index contributed by atoms with van der Waals surface area (Å²) in [6.45, 7) is 4.87. The van der Waals surface area contributed by atoms with Crippen LogP contribution in [0.2, 0.25) is 0 Å². The van der Waals surface area contributed by atoms with E-state index in [1.807, 2.05) is 42.6 Å². The lowest BCUT2D eigenvalue weighted by atomic mass is 10.1. The first-order chi connectivity index (χ1) is 8.16. The van der Waals surface area contributed by atoms with Crippen molar-refractivity contribution in [3.05, 3.63) is 59.1 Å². The summed E-state index contributed by atoms with van der Waals surface area (Å²) in [7, 11) is 0. The highest BCUT2D eigenvalue weighted by molar-refractivity contribution is 5.14. The fourth-order valence-corrected chi connectivity index (χ4v) is 1.91. The average Bonchev–Trinajstić information content (AvgIpc) is 2.62. The molecule has 0 radical (unpaired) electrons. The fraction of sp³-hybridized carbons (Fsp3) is 0.357. The van der Waals surface area contributed by atoms with E-state index in [0.29, 0.717) is 12.5 Å². The summed E-state index contributed by atoms with van der Waals surface area (Å²) in [6, 6.07) is 11.9. The van der Waals surface area contributed by atoms with Crippen LogP contribution in [0.1, 0.15) is 25.1 Å². The molecule has 0 aliphatic carbocycles. The first-order valence-corrected chi connectivity index (χ1v) is 5.98. The Morgan fingerprint density at radius 1 is 1.18 bits per heavy atom. The van der Waals surface area contributed by atoms with Crippen LogP contribution in [0.5, 0.6) is 0 Å². The molecule has 0 spiro atoms. The van der Waals surface area contributed by atoms with Gasteiger partial charge in [-0.3, -0.25) is 0 Å². The van der Waals surface area contributed by atoms with Crippen molar-refractivity contribution in [2.75, 3.05) is 0 Å². The average molecular weight is 230 g/mol. The molecule has 0 amide bonds. The third kappa shape index (κ3) is 2.87. The van der Waals surface area contributed by atoms with E-state index >= 15 is 0 Å². The fourth-order valence-electron chi connectivity index (χ4n) is 1.91. The van der Waals surface area contributed by atoms with Gasteiger partial charge in [-0.2, -0.15) is 0 Å². The second kappa shape index (κ2) is 5.04. The van der Waals surface area contributed by atoms with E-state index in [2.05, 4.69) is 13.8 Å². The molecule has 0 saturated carbocycles. The van der Waals surface area contributed by atoms with Gasteiger partial charge in [-0.15, -0.1) is 4.68 Å². The van der Waals surface area contributed by atoms with Crippen LogP contribution in [0.3, 0.4) is 0 Å². The van der Waals surface area contributed by atoms with Gasteiger partial charge >= 0.3 is 0 Å². The van der Waals surface area contributed by atoms with E-state index < -0.39 is 0 Å². The van der Waals surface area contributed by atoms with Gasteiger partial charge in [-0.25, -0.2) is 0 Å². The molecule has 0 fully saturated rings. The number of rotatable bonds is 4. The maximum atomic E-state index is 12.0. The van der Waals surface area contributed by atoms with Crippen molar-refractivity contribution in [2.24, 2.45) is 5.92 Å². The molecule has 1 aromatic heterocycles. The van der Waals surface area contributed by atoms with Crippen LogP contribution < -0.4 is 4.85 Å². The van der Waals surface area contributed by atoms with Crippen LogP contribution in [-0.2, 0) is 13.0 Å². The van der Waals surface area contributed by atoms with Gasteiger partial charge in [0.2, 0.25) is 5.69 Å². The van der Waals surface area contributed by atoms with Crippen molar-refractivity contribution in [2.45, 2.75) is 26.8 Å². The van der Waals surface area contributed by atoms with Crippen LogP contribution in [0.25, 0.3) is 0 Å². The molecule has 0 unspecified atom stereocenters. The van der Waals surface area contributed by atoms with Gasteiger partial charge in [0.15, 0.2) is 0 Å². The van der Waals surface area contributed by atoms with Crippen LogP contribution in [0.4, 0.5) is 0 Å². The minimum absolute atomic E-state index is 0.503. The highest BCUT2D eigenvalue weighted by Crippen LogP contribution is 2.05. The van der Waals surface area contributed by atoms with E-state index in [9.17, 15) is 5.21 Å². The van der Waals surface area contributed by atoms with E-state index in [1.54, 1.807) is 4.68 Å². The maximum absolute atomic E-state index is 12.0. The molecule has 1 aromatic carbocycles. The SMILES string of the molecule is CC(C)Cc1ccn(Cc2ccccc2)[n+]1[O-]. The lowest BCUT2D eigenvalue weighted by Gasteiger charge is -2.06. The summed E-state index contributed by atoms with van der Waals surface area (Å²) in [4.78, 5) is 1.01. The first-order valence-electron chi connectivity index (χ1n) is 5.98. The molecule has 2 aromatic rings. The van der Waals surface area contributed by atoms with Crippen molar-refractivity contribution in [3.63, 3.8) is 0 Å². The van der Waals surface area contributed by atoms with Gasteiger partial charge < -0.3 is 5.21 Å². The highest BCUT2D eigenvalue weighted by Gasteiger charge is 2.13. The maximum Gasteiger partial charge on any atom is 0.221 e. The third-order valence-electron chi connectivity index (χ3n) is 2.72. The Morgan fingerprint density at radius 2 is 1.88 bits per heavy atom. The van der Waals surface area contributed by atoms with Crippen molar-refractivity contribution in [1.82, 2.24) is 4.68 Å². The molecule has 3 nitrogen and oxygen atoms in total. The quantitative estimate of drug-likeness (QED) is 0.586. The van der Waals surface area contributed by atoms with E-state index in [0.717, 1.165) is 22.5 Å². The van der Waals surface area contributed by atoms with Gasteiger partial charge in [0.1, 0.15) is 6.54 Å². The standard InChI is InChI=1S/C14H18N2O/c1-12(2)10-14-8-9-15(16(14)17)11-13-6-4-3-5-7-13/h3-9,12H,10-11H2,1-2H3. The second-order valence-electron chi connectivity index (χ2n) is 4.76. The summed E-state index contributed by atoms with van der Waals surface area (Å²) in [5, 5.41) is 12.0. The van der Waals surface area contributed by atoms with E-state index in [1.165, 1.54) is 0 Å². The van der Waals surface area contributed by atoms with Crippen molar-refractivity contribution < 1.29 is 4.85 Å². The Kier molecular flexibility index (Phi) is 3.47.